The van der Waals surface area contributed by atoms with Crippen molar-refractivity contribution in [1.82, 2.24) is 9.97 Å². The first-order chi connectivity index (χ1) is 7.36. The molecule has 0 spiro atoms. The fraction of sp³-hybridized carbons (Fsp3) is 0.200. The van der Waals surface area contributed by atoms with Gasteiger partial charge >= 0.3 is 0 Å². The summed E-state index contributed by atoms with van der Waals surface area (Å²) in [5.74, 6) is 0.883. The van der Waals surface area contributed by atoms with Crippen molar-refractivity contribution < 1.29 is 0 Å². The lowest BCUT2D eigenvalue weighted by atomic mass is 10.4. The molecule has 2 heterocycles. The second-order valence-corrected chi connectivity index (χ2v) is 4.77. The van der Waals surface area contributed by atoms with Gasteiger partial charge in [0.2, 0.25) is 0 Å². The zero-order chi connectivity index (χ0) is 10.5. The summed E-state index contributed by atoms with van der Waals surface area (Å²) in [6.45, 7) is 0.850. The van der Waals surface area contributed by atoms with Crippen molar-refractivity contribution in [2.75, 3.05) is 11.9 Å². The monoisotopic (exact) mass is 283 g/mol. The molecular weight excluding hydrogens is 274 g/mol. The number of nitrogens with one attached hydrogen (secondary N) is 1. The van der Waals surface area contributed by atoms with Crippen LogP contribution >= 0.6 is 27.3 Å². The van der Waals surface area contributed by atoms with E-state index in [0.29, 0.717) is 0 Å². The molecule has 0 saturated carbocycles. The summed E-state index contributed by atoms with van der Waals surface area (Å²) in [6, 6.07) is 3.87. The molecule has 0 aliphatic carbocycles. The fourth-order valence-electron chi connectivity index (χ4n) is 1.18. The normalized spacial score (nSPS) is 10.2. The molecule has 0 aliphatic rings. The van der Waals surface area contributed by atoms with E-state index in [4.69, 9.17) is 0 Å². The Bertz CT molecular complexity index is 416. The SMILES string of the molecule is Brc1cccnc1NCCc1nccs1. The van der Waals surface area contributed by atoms with Crippen LogP contribution in [0.5, 0.6) is 0 Å². The van der Waals surface area contributed by atoms with Gasteiger partial charge in [-0.1, -0.05) is 0 Å². The van der Waals surface area contributed by atoms with Crippen molar-refractivity contribution in [3.8, 4) is 0 Å². The third-order valence-corrected chi connectivity index (χ3v) is 3.35. The number of thiazole rings is 1. The maximum Gasteiger partial charge on any atom is 0.140 e. The Morgan fingerprint density at radius 3 is 3.00 bits per heavy atom. The first-order valence-corrected chi connectivity index (χ1v) is 6.26. The summed E-state index contributed by atoms with van der Waals surface area (Å²) in [6.07, 6.45) is 4.54. The topological polar surface area (TPSA) is 37.8 Å². The third kappa shape index (κ3) is 3.00. The molecule has 0 amide bonds. The van der Waals surface area contributed by atoms with Gasteiger partial charge in [0.15, 0.2) is 0 Å². The molecule has 0 unspecified atom stereocenters. The third-order valence-electron chi connectivity index (χ3n) is 1.87. The quantitative estimate of drug-likeness (QED) is 0.938. The molecule has 0 saturated heterocycles. The lowest BCUT2D eigenvalue weighted by Crippen LogP contribution is -2.06. The molecule has 2 aromatic heterocycles. The van der Waals surface area contributed by atoms with Crippen LogP contribution in [0, 0.1) is 0 Å². The van der Waals surface area contributed by atoms with E-state index >= 15 is 0 Å². The van der Waals surface area contributed by atoms with Crippen LogP contribution in [0.4, 0.5) is 5.82 Å². The molecule has 0 fully saturated rings. The van der Waals surface area contributed by atoms with E-state index in [2.05, 4.69) is 31.2 Å². The van der Waals surface area contributed by atoms with Gasteiger partial charge in [-0.25, -0.2) is 9.97 Å². The Labute approximate surface area is 101 Å². The summed E-state index contributed by atoms with van der Waals surface area (Å²) in [5.41, 5.74) is 0. The van der Waals surface area contributed by atoms with Gasteiger partial charge in [0, 0.05) is 30.7 Å². The first-order valence-electron chi connectivity index (χ1n) is 4.59. The molecule has 0 radical (unpaired) electrons. The van der Waals surface area contributed by atoms with Crippen molar-refractivity contribution in [2.45, 2.75) is 6.42 Å². The number of aromatic nitrogens is 2. The van der Waals surface area contributed by atoms with Gasteiger partial charge in [-0.2, -0.15) is 0 Å². The number of anilines is 1. The summed E-state index contributed by atoms with van der Waals surface area (Å²) in [7, 11) is 0. The van der Waals surface area contributed by atoms with Crippen LogP contribution in [0.3, 0.4) is 0 Å². The lowest BCUT2D eigenvalue weighted by Gasteiger charge is -2.05. The molecule has 5 heteroatoms. The number of hydrogen-bond donors (Lipinski definition) is 1. The smallest absolute Gasteiger partial charge is 0.140 e. The lowest BCUT2D eigenvalue weighted by molar-refractivity contribution is 0.986. The van der Waals surface area contributed by atoms with Gasteiger partial charge in [0.1, 0.15) is 5.82 Å². The Morgan fingerprint density at radius 1 is 1.33 bits per heavy atom. The highest BCUT2D eigenvalue weighted by molar-refractivity contribution is 9.10. The van der Waals surface area contributed by atoms with Crippen molar-refractivity contribution in [1.29, 1.82) is 0 Å². The van der Waals surface area contributed by atoms with Gasteiger partial charge in [0.25, 0.3) is 0 Å². The van der Waals surface area contributed by atoms with Gasteiger partial charge in [-0.05, 0) is 28.1 Å². The molecular formula is C10H10BrN3S. The Kier molecular flexibility index (Phi) is 3.69. The number of rotatable bonds is 4. The van der Waals surface area contributed by atoms with E-state index in [0.717, 1.165) is 28.3 Å². The van der Waals surface area contributed by atoms with Crippen LogP contribution in [0.2, 0.25) is 0 Å². The minimum Gasteiger partial charge on any atom is -0.369 e. The highest BCUT2D eigenvalue weighted by Crippen LogP contribution is 2.18. The van der Waals surface area contributed by atoms with Gasteiger partial charge < -0.3 is 5.32 Å². The van der Waals surface area contributed by atoms with Crippen molar-refractivity contribution in [3.63, 3.8) is 0 Å². The molecule has 2 aromatic rings. The van der Waals surface area contributed by atoms with Crippen LogP contribution in [0.25, 0.3) is 0 Å². The van der Waals surface area contributed by atoms with E-state index in [-0.39, 0.29) is 0 Å². The Morgan fingerprint density at radius 2 is 2.27 bits per heavy atom. The average Bonchev–Trinajstić information content (AvgIpc) is 2.74. The van der Waals surface area contributed by atoms with Crippen LogP contribution in [0.1, 0.15) is 5.01 Å². The van der Waals surface area contributed by atoms with Gasteiger partial charge in [-0.3, -0.25) is 0 Å². The van der Waals surface area contributed by atoms with E-state index in [1.165, 1.54) is 0 Å². The van der Waals surface area contributed by atoms with Crippen LogP contribution in [0.15, 0.2) is 34.4 Å². The number of nitrogens with zero attached hydrogens (tertiary/aromatic N) is 2. The molecule has 0 aromatic carbocycles. The van der Waals surface area contributed by atoms with E-state index in [1.54, 1.807) is 17.5 Å². The minimum absolute atomic E-state index is 0.850. The largest absolute Gasteiger partial charge is 0.369 e. The highest BCUT2D eigenvalue weighted by Gasteiger charge is 1.99. The maximum absolute atomic E-state index is 4.22. The second kappa shape index (κ2) is 5.23. The summed E-state index contributed by atoms with van der Waals surface area (Å²) in [5, 5.41) is 6.40. The molecule has 2 rings (SSSR count). The Balaban J connectivity index is 1.86. The molecule has 1 N–H and O–H groups in total. The predicted molar refractivity (Wildman–Crippen MR) is 66.2 cm³/mol. The van der Waals surface area contributed by atoms with Gasteiger partial charge in [-0.15, -0.1) is 11.3 Å². The molecule has 15 heavy (non-hydrogen) atoms. The van der Waals surface area contributed by atoms with E-state index in [1.807, 2.05) is 23.7 Å². The standard InChI is InChI=1S/C10H10BrN3S/c11-8-2-1-4-13-10(8)14-5-3-9-12-6-7-15-9/h1-2,4,6-7H,3,5H2,(H,13,14). The number of hydrogen-bond acceptors (Lipinski definition) is 4. The average molecular weight is 284 g/mol. The van der Waals surface area contributed by atoms with E-state index in [9.17, 15) is 0 Å². The molecule has 3 nitrogen and oxygen atoms in total. The predicted octanol–water partition coefficient (Wildman–Crippen LogP) is 2.96. The summed E-state index contributed by atoms with van der Waals surface area (Å²) >= 11 is 5.12. The van der Waals surface area contributed by atoms with Crippen LogP contribution < -0.4 is 5.32 Å². The van der Waals surface area contributed by atoms with E-state index < -0.39 is 0 Å². The van der Waals surface area contributed by atoms with Crippen molar-refractivity contribution in [3.05, 3.63) is 39.4 Å². The fourth-order valence-corrected chi connectivity index (χ4v) is 2.20. The molecule has 0 aliphatic heterocycles. The first kappa shape index (κ1) is 10.6. The maximum atomic E-state index is 4.22. The summed E-state index contributed by atoms with van der Waals surface area (Å²) in [4.78, 5) is 8.44. The van der Waals surface area contributed by atoms with Gasteiger partial charge in [0.05, 0.1) is 9.48 Å². The number of pyridine rings is 1. The second-order valence-electron chi connectivity index (χ2n) is 2.94. The zero-order valence-electron chi connectivity index (χ0n) is 7.98. The molecule has 78 valence electrons. The molecule has 0 bridgehead atoms. The Hall–Kier alpha value is -0.940. The van der Waals surface area contributed by atoms with Crippen molar-refractivity contribution in [2.24, 2.45) is 0 Å². The van der Waals surface area contributed by atoms with Crippen LogP contribution in [-0.4, -0.2) is 16.5 Å². The molecule has 0 atom stereocenters. The number of halogens is 1. The summed E-state index contributed by atoms with van der Waals surface area (Å²) < 4.78 is 0.990. The highest BCUT2D eigenvalue weighted by atomic mass is 79.9. The zero-order valence-corrected chi connectivity index (χ0v) is 10.4. The minimum atomic E-state index is 0.850. The van der Waals surface area contributed by atoms with Crippen LogP contribution in [-0.2, 0) is 6.42 Å². The van der Waals surface area contributed by atoms with Crippen molar-refractivity contribution >= 4 is 33.1 Å².